The highest BCUT2D eigenvalue weighted by Crippen LogP contribution is 2.47. The van der Waals surface area contributed by atoms with Crippen LogP contribution in [0.25, 0.3) is 0 Å². The zero-order valence-electron chi connectivity index (χ0n) is 78.6. The van der Waals surface area contributed by atoms with E-state index in [9.17, 15) is 0 Å². The van der Waals surface area contributed by atoms with E-state index in [0.29, 0.717) is 70.9 Å². The van der Waals surface area contributed by atoms with Crippen LogP contribution in [-0.4, -0.2) is 202 Å². The number of nitrogens with two attached hydrogens (primary N) is 5. The Kier molecular flexibility index (Phi) is 27.3. The SMILES string of the molecule is Cc1cc(C2=NCc3nc(N4CCC5(CC4)COC[C@H]5N)cnc32)c(Cl)cn1.Cc1cc(C2=NCc3nc(N4CCC5(CCC[C@H]5N)CC4)cnc32)c(Cl)cn1.Cc1ccc(Cl)c(C2=NCc3nc(N4CCC(C)(N)CC4)cnc32)c1.Cc1cccc(C2=NCc3nc(N4CCC(C)(CN)CC4)cnc32)c1C.Cc1nccc(C2=NCc3nc(N4CCC(C)(C(C)N)CC4)cnc32)c1Cl. The molecule has 0 amide bonds. The molecule has 19 heterocycles. The van der Waals surface area contributed by atoms with Gasteiger partial charge in [0.25, 0.3) is 0 Å². The maximum absolute atomic E-state index is 6.44. The summed E-state index contributed by atoms with van der Waals surface area (Å²) in [4.78, 5) is 95.5. The van der Waals surface area contributed by atoms with Crippen LogP contribution in [0.2, 0.25) is 20.1 Å². The first-order valence-electron chi connectivity index (χ1n) is 47.3. The van der Waals surface area contributed by atoms with Crippen LogP contribution in [0.3, 0.4) is 0 Å². The molecule has 1 unspecified atom stereocenters. The van der Waals surface area contributed by atoms with Gasteiger partial charge in [0.05, 0.1) is 160 Å². The average molecular weight is 1890 g/mol. The lowest BCUT2D eigenvalue weighted by atomic mass is 9.74. The number of halogens is 4. The molecule has 22 rings (SSSR count). The number of pyridine rings is 3. The van der Waals surface area contributed by atoms with E-state index in [2.05, 4.69) is 130 Å². The fourth-order valence-electron chi connectivity index (χ4n) is 20.4. The van der Waals surface area contributed by atoms with Gasteiger partial charge in [0.2, 0.25) is 0 Å². The fourth-order valence-corrected chi connectivity index (χ4v) is 21.2. The number of rotatable bonds is 12. The third-order valence-corrected chi connectivity index (χ3v) is 31.6. The second-order valence-corrected chi connectivity index (χ2v) is 41.0. The number of benzene rings is 2. The molecule has 3 atom stereocenters. The molecule has 1 aliphatic carbocycles. The second-order valence-electron chi connectivity index (χ2n) is 39.4. The van der Waals surface area contributed by atoms with Gasteiger partial charge in [-0.2, -0.15) is 0 Å². The van der Waals surface area contributed by atoms with Crippen molar-refractivity contribution in [1.29, 1.82) is 0 Å². The molecule has 1 saturated carbocycles. The lowest BCUT2D eigenvalue weighted by Crippen LogP contribution is -2.49. The van der Waals surface area contributed by atoms with Crippen molar-refractivity contribution in [2.24, 2.45) is 75.3 Å². The van der Waals surface area contributed by atoms with Crippen molar-refractivity contribution in [3.05, 3.63) is 243 Å². The summed E-state index contributed by atoms with van der Waals surface area (Å²) in [6.07, 6.45) is 28.8. The lowest BCUT2D eigenvalue weighted by molar-refractivity contribution is 0.131. The third kappa shape index (κ3) is 19.4. The molecule has 11 aliphatic heterocycles. The Morgan fingerprint density at radius 1 is 0.425 bits per heavy atom. The van der Waals surface area contributed by atoms with Gasteiger partial charge in [-0.3, -0.25) is 39.9 Å². The van der Waals surface area contributed by atoms with E-state index >= 15 is 0 Å². The smallest absolute Gasteiger partial charge is 0.147 e. The molecule has 0 radical (unpaired) electrons. The largest absolute Gasteiger partial charge is 0.379 e. The molecule has 6 saturated heterocycles. The van der Waals surface area contributed by atoms with Crippen molar-refractivity contribution < 1.29 is 4.74 Å². The second kappa shape index (κ2) is 39.0. The van der Waals surface area contributed by atoms with E-state index in [1.54, 1.807) is 18.6 Å². The quantitative estimate of drug-likeness (QED) is 0.0758. The normalized spacial score (nSPS) is 20.8. The van der Waals surface area contributed by atoms with Gasteiger partial charge in [0.15, 0.2) is 0 Å². The summed E-state index contributed by atoms with van der Waals surface area (Å²) in [7, 11) is 0. The lowest BCUT2D eigenvalue weighted by Gasteiger charge is -2.42. The van der Waals surface area contributed by atoms with Crippen molar-refractivity contribution in [3.63, 3.8) is 0 Å². The van der Waals surface area contributed by atoms with E-state index in [1.165, 1.54) is 36.0 Å². The number of ether oxygens (including phenoxy) is 1. The number of aromatic nitrogens is 13. The predicted octanol–water partition coefficient (Wildman–Crippen LogP) is 14.7. The molecule has 10 N–H and O–H groups in total. The van der Waals surface area contributed by atoms with Gasteiger partial charge < -0.3 is 57.9 Å². The maximum Gasteiger partial charge on any atom is 0.147 e. The molecular formula is C101H122Cl4N28O. The van der Waals surface area contributed by atoms with Crippen molar-refractivity contribution in [2.75, 3.05) is 110 Å². The number of hydrogen-bond acceptors (Lipinski definition) is 29. The first-order chi connectivity index (χ1) is 64.4. The minimum atomic E-state index is -0.0706. The Labute approximate surface area is 805 Å². The van der Waals surface area contributed by atoms with Crippen molar-refractivity contribution in [1.82, 2.24) is 64.8 Å². The van der Waals surface area contributed by atoms with E-state index in [1.807, 2.05) is 89.0 Å². The minimum Gasteiger partial charge on any atom is -0.379 e. The Bertz CT molecular complexity index is 6100. The molecule has 12 aliphatic rings. The van der Waals surface area contributed by atoms with Crippen LogP contribution in [0, 0.1) is 63.2 Å². The number of aryl methyl sites for hydroxylation is 5. The highest BCUT2D eigenvalue weighted by Gasteiger charge is 2.46. The van der Waals surface area contributed by atoms with Crippen LogP contribution in [0.4, 0.5) is 29.1 Å². The molecule has 2 aromatic carbocycles. The van der Waals surface area contributed by atoms with Crippen LogP contribution < -0.4 is 53.2 Å². The molecule has 134 heavy (non-hydrogen) atoms. The molecule has 33 heteroatoms. The van der Waals surface area contributed by atoms with Gasteiger partial charge in [-0.25, -0.2) is 49.8 Å². The molecule has 0 bridgehead atoms. The van der Waals surface area contributed by atoms with Gasteiger partial charge in [-0.05, 0) is 197 Å². The molecule has 7 fully saturated rings. The summed E-state index contributed by atoms with van der Waals surface area (Å²) in [6, 6.07) is 18.8. The van der Waals surface area contributed by atoms with Crippen LogP contribution in [0.1, 0.15) is 230 Å². The molecular weight excluding hydrogens is 1760 g/mol. The summed E-state index contributed by atoms with van der Waals surface area (Å²) in [6.45, 7) is 35.5. The van der Waals surface area contributed by atoms with Crippen LogP contribution in [0.15, 0.2) is 129 Å². The number of aliphatic imine (C=N–C) groups is 5. The Morgan fingerprint density at radius 3 is 1.22 bits per heavy atom. The minimum absolute atomic E-state index is 0.0706. The highest BCUT2D eigenvalue weighted by molar-refractivity contribution is 6.37. The average Bonchev–Trinajstić information content (AvgIpc) is 1.62. The van der Waals surface area contributed by atoms with Crippen molar-refractivity contribution in [2.45, 2.75) is 209 Å². The summed E-state index contributed by atoms with van der Waals surface area (Å²) in [5.74, 6) is 4.68. The zero-order valence-corrected chi connectivity index (χ0v) is 81.6. The topological polar surface area (TPSA) is 385 Å². The molecule has 29 nitrogen and oxygen atoms in total. The van der Waals surface area contributed by atoms with Gasteiger partial charge in [-0.15, -0.1) is 0 Å². The molecule has 8 aromatic heterocycles. The van der Waals surface area contributed by atoms with Crippen LogP contribution >= 0.6 is 46.4 Å². The Balaban J connectivity index is 0.000000112. The molecule has 2 spiro atoms. The number of nitrogens with zero attached hydrogens (tertiary/aromatic N) is 23. The molecule has 10 aromatic rings. The standard InChI is InChI=1S/C21H25ClN6.C21H27N5.C20H23ClN6O.C20H25ClN6.C19H22ClN5/c1-13-9-14(15(22)10-24-13)19-20-16(11-25-19)27-18(12-26-20)28-7-5-21(6-8-28)4-2-3-17(21)23;1-14-5-4-6-16(15(14)2)19-20-17(11-23-19)25-18(12-24-20)26-9-7-21(3,13-22)8-10-26;1-12-6-13(14(21)7-23-12)18-19-15(8-24-18)26-17(9-25-19)27-4-2-20(3-5-27)11-28-10-16(20)22;1-12-17(21)14(4-7-23-12)18-19-15(10-24-18)26-16(11-25-19)27-8-5-20(3,6-9-27)13(2)22;1-12-3-4-14(20)13(9-12)17-18-15(10-22-17)24-16(11-23-18)25-7-5-19(2,21)6-8-25/h9-10,12,17H,2-8,11,23H2,1H3;4-6,12H,7-11,13,22H2,1-3H3;6-7,9,16H,2-5,8,10-11,22H2,1H3;4,7,11,13H,5-6,8-10,22H2,1-3H3;3-4,9,11H,5-8,10,21H2,1-2H3/t17-;;16-;;/m1.1../s1. The van der Waals surface area contributed by atoms with E-state index in [4.69, 9.17) is 130 Å². The number of hydrogen-bond donors (Lipinski definition) is 5. The van der Waals surface area contributed by atoms with E-state index < -0.39 is 0 Å². The highest BCUT2D eigenvalue weighted by atomic mass is 35.5. The van der Waals surface area contributed by atoms with Gasteiger partial charge in [-0.1, -0.05) is 96.5 Å². The van der Waals surface area contributed by atoms with E-state index in [-0.39, 0.29) is 33.9 Å². The zero-order chi connectivity index (χ0) is 93.7. The Hall–Kier alpha value is -10.4. The monoisotopic (exact) mass is 1880 g/mol. The van der Waals surface area contributed by atoms with E-state index in [0.717, 1.165) is 302 Å². The fraction of sp³-hybridized carbons (Fsp3) is 0.485. The first-order valence-corrected chi connectivity index (χ1v) is 48.8. The van der Waals surface area contributed by atoms with Gasteiger partial charge >= 0.3 is 0 Å². The molecule has 700 valence electrons. The predicted molar refractivity (Wildman–Crippen MR) is 535 cm³/mol. The number of anilines is 5. The van der Waals surface area contributed by atoms with Crippen molar-refractivity contribution in [3.8, 4) is 0 Å². The summed E-state index contributed by atoms with van der Waals surface area (Å²) in [5.41, 5.74) is 56.1. The number of fused-ring (bicyclic) bond motifs is 5. The first kappa shape index (κ1) is 93.9. The van der Waals surface area contributed by atoms with Crippen LogP contribution in [0.5, 0.6) is 0 Å². The van der Waals surface area contributed by atoms with Gasteiger partial charge in [0.1, 0.15) is 57.6 Å². The van der Waals surface area contributed by atoms with Gasteiger partial charge in [0, 0.05) is 152 Å². The Morgan fingerprint density at radius 2 is 0.821 bits per heavy atom. The summed E-state index contributed by atoms with van der Waals surface area (Å²) >= 11 is 25.5. The third-order valence-electron chi connectivity index (χ3n) is 30.2. The summed E-state index contributed by atoms with van der Waals surface area (Å²) < 4.78 is 5.62. The summed E-state index contributed by atoms with van der Waals surface area (Å²) in [5, 5.41) is 2.50. The maximum atomic E-state index is 6.44. The van der Waals surface area contributed by atoms with Crippen molar-refractivity contribution >= 4 is 104 Å². The number of piperidine rings is 5. The van der Waals surface area contributed by atoms with Crippen LogP contribution in [-0.2, 0) is 37.5 Å².